The first-order valence-electron chi connectivity index (χ1n) is 8.44. The lowest BCUT2D eigenvalue weighted by Crippen LogP contribution is -2.42. The SMILES string of the molecule is CC(NS(=O)(=O)c1ccccc1)C(=O)OC(C)C(=O)Nc1ccccc1[N+](=O)[O-]. The number of nitrogens with zero attached hydrogens (tertiary/aromatic N) is 1. The molecule has 0 spiro atoms. The van der Waals surface area contributed by atoms with Gasteiger partial charge in [0, 0.05) is 6.07 Å². The number of nitrogens with one attached hydrogen (secondary N) is 2. The van der Waals surface area contributed by atoms with Crippen molar-refractivity contribution in [1.29, 1.82) is 0 Å². The monoisotopic (exact) mass is 421 g/mol. The number of sulfonamides is 1. The van der Waals surface area contributed by atoms with E-state index >= 15 is 0 Å². The van der Waals surface area contributed by atoms with Crippen molar-refractivity contribution in [3.63, 3.8) is 0 Å². The van der Waals surface area contributed by atoms with E-state index in [1.54, 1.807) is 6.07 Å². The van der Waals surface area contributed by atoms with Crippen LogP contribution < -0.4 is 10.0 Å². The number of ether oxygens (including phenoxy) is 1. The number of rotatable bonds is 8. The van der Waals surface area contributed by atoms with Crippen LogP contribution in [-0.4, -0.2) is 37.4 Å². The molecule has 154 valence electrons. The Kier molecular flexibility index (Phi) is 7.02. The Morgan fingerprint density at radius 2 is 1.62 bits per heavy atom. The summed E-state index contributed by atoms with van der Waals surface area (Å²) >= 11 is 0. The van der Waals surface area contributed by atoms with Gasteiger partial charge in [-0.25, -0.2) is 8.42 Å². The Hall–Kier alpha value is -3.31. The lowest BCUT2D eigenvalue weighted by Gasteiger charge is -2.17. The number of esters is 1. The van der Waals surface area contributed by atoms with Gasteiger partial charge in [-0.2, -0.15) is 4.72 Å². The summed E-state index contributed by atoms with van der Waals surface area (Å²) in [6.07, 6.45) is -1.31. The molecule has 2 aromatic rings. The van der Waals surface area contributed by atoms with Crippen molar-refractivity contribution in [2.24, 2.45) is 0 Å². The standard InChI is InChI=1S/C18H19N3O7S/c1-12(20-29(26,27)14-8-4-3-5-9-14)18(23)28-13(2)17(22)19-15-10-6-7-11-16(15)21(24)25/h3-13,20H,1-2H3,(H,19,22). The topological polar surface area (TPSA) is 145 Å². The highest BCUT2D eigenvalue weighted by Gasteiger charge is 2.27. The van der Waals surface area contributed by atoms with E-state index in [9.17, 15) is 28.1 Å². The molecular weight excluding hydrogens is 402 g/mol. The average Bonchev–Trinajstić information content (AvgIpc) is 2.68. The molecule has 0 fully saturated rings. The van der Waals surface area contributed by atoms with Crippen molar-refractivity contribution in [3.05, 3.63) is 64.7 Å². The minimum Gasteiger partial charge on any atom is -0.451 e. The number of nitro groups is 1. The van der Waals surface area contributed by atoms with Crippen LogP contribution in [0.4, 0.5) is 11.4 Å². The first kappa shape index (κ1) is 22.0. The predicted octanol–water partition coefficient (Wildman–Crippen LogP) is 1.83. The van der Waals surface area contributed by atoms with Crippen LogP contribution in [0.2, 0.25) is 0 Å². The molecule has 0 aliphatic heterocycles. The van der Waals surface area contributed by atoms with Crippen LogP contribution in [-0.2, 0) is 24.3 Å². The van der Waals surface area contributed by atoms with E-state index in [0.717, 1.165) is 0 Å². The molecule has 0 saturated heterocycles. The molecule has 2 rings (SSSR count). The van der Waals surface area contributed by atoms with Crippen LogP contribution in [0.15, 0.2) is 59.5 Å². The largest absolute Gasteiger partial charge is 0.451 e. The highest BCUT2D eigenvalue weighted by molar-refractivity contribution is 7.89. The van der Waals surface area contributed by atoms with E-state index in [1.165, 1.54) is 62.4 Å². The van der Waals surface area contributed by atoms with Gasteiger partial charge in [0.2, 0.25) is 10.0 Å². The molecule has 0 heterocycles. The summed E-state index contributed by atoms with van der Waals surface area (Å²) in [6.45, 7) is 2.54. The van der Waals surface area contributed by atoms with E-state index in [4.69, 9.17) is 4.74 Å². The molecule has 0 bridgehead atoms. The van der Waals surface area contributed by atoms with E-state index in [2.05, 4.69) is 10.0 Å². The Labute approximate surface area is 167 Å². The molecule has 2 aromatic carbocycles. The van der Waals surface area contributed by atoms with Crippen LogP contribution in [0.25, 0.3) is 0 Å². The molecule has 0 saturated carbocycles. The number of carbonyl (C=O) groups is 2. The second-order valence-corrected chi connectivity index (χ2v) is 7.71. The third kappa shape index (κ3) is 5.83. The fraction of sp³-hybridized carbons (Fsp3) is 0.222. The Bertz CT molecular complexity index is 1010. The molecule has 2 unspecified atom stereocenters. The lowest BCUT2D eigenvalue weighted by atomic mass is 10.2. The highest BCUT2D eigenvalue weighted by atomic mass is 32.2. The molecule has 0 aliphatic rings. The normalized spacial score (nSPS) is 13.2. The van der Waals surface area contributed by atoms with Crippen molar-refractivity contribution in [3.8, 4) is 0 Å². The fourth-order valence-electron chi connectivity index (χ4n) is 2.25. The van der Waals surface area contributed by atoms with Crippen LogP contribution in [0.5, 0.6) is 0 Å². The average molecular weight is 421 g/mol. The minimum atomic E-state index is -3.95. The van der Waals surface area contributed by atoms with E-state index in [1.807, 2.05) is 0 Å². The first-order chi connectivity index (χ1) is 13.6. The number of amides is 1. The first-order valence-corrected chi connectivity index (χ1v) is 9.92. The molecular formula is C18H19N3O7S. The third-order valence-electron chi connectivity index (χ3n) is 3.76. The molecule has 0 aromatic heterocycles. The van der Waals surface area contributed by atoms with Crippen molar-refractivity contribution < 1.29 is 27.7 Å². The molecule has 0 radical (unpaired) electrons. The maximum atomic E-state index is 12.2. The lowest BCUT2D eigenvalue weighted by molar-refractivity contribution is -0.383. The molecule has 2 atom stereocenters. The van der Waals surface area contributed by atoms with Gasteiger partial charge in [-0.1, -0.05) is 30.3 Å². The molecule has 10 nitrogen and oxygen atoms in total. The van der Waals surface area contributed by atoms with Crippen molar-refractivity contribution in [1.82, 2.24) is 4.72 Å². The van der Waals surface area contributed by atoms with Gasteiger partial charge in [-0.05, 0) is 32.0 Å². The maximum Gasteiger partial charge on any atom is 0.324 e. The Morgan fingerprint density at radius 1 is 1.03 bits per heavy atom. The summed E-state index contributed by atoms with van der Waals surface area (Å²) in [4.78, 5) is 34.7. The van der Waals surface area contributed by atoms with Gasteiger partial charge in [0.1, 0.15) is 11.7 Å². The number of hydrogen-bond acceptors (Lipinski definition) is 7. The van der Waals surface area contributed by atoms with Gasteiger partial charge in [0.15, 0.2) is 6.10 Å². The molecule has 11 heteroatoms. The van der Waals surface area contributed by atoms with Crippen molar-refractivity contribution in [2.75, 3.05) is 5.32 Å². The summed E-state index contributed by atoms with van der Waals surface area (Å²) < 4.78 is 31.6. The predicted molar refractivity (Wildman–Crippen MR) is 104 cm³/mol. The Morgan fingerprint density at radius 3 is 2.24 bits per heavy atom. The van der Waals surface area contributed by atoms with Crippen molar-refractivity contribution >= 4 is 33.3 Å². The Balaban J connectivity index is 1.99. The summed E-state index contributed by atoms with van der Waals surface area (Å²) in [5.74, 6) is -1.78. The van der Waals surface area contributed by atoms with E-state index < -0.39 is 39.0 Å². The number of nitro benzene ring substituents is 1. The number of carbonyl (C=O) groups excluding carboxylic acids is 2. The zero-order valence-corrected chi connectivity index (χ0v) is 16.4. The second-order valence-electron chi connectivity index (χ2n) is 6.00. The smallest absolute Gasteiger partial charge is 0.324 e. The van der Waals surface area contributed by atoms with E-state index in [0.29, 0.717) is 0 Å². The van der Waals surface area contributed by atoms with Crippen LogP contribution in [0, 0.1) is 10.1 Å². The summed E-state index contributed by atoms with van der Waals surface area (Å²) in [7, 11) is -3.95. The van der Waals surface area contributed by atoms with Gasteiger partial charge in [-0.15, -0.1) is 0 Å². The minimum absolute atomic E-state index is 0.0261. The van der Waals surface area contributed by atoms with Crippen LogP contribution >= 0.6 is 0 Å². The molecule has 2 N–H and O–H groups in total. The zero-order chi connectivity index (χ0) is 21.6. The highest BCUT2D eigenvalue weighted by Crippen LogP contribution is 2.23. The van der Waals surface area contributed by atoms with Crippen LogP contribution in [0.1, 0.15) is 13.8 Å². The molecule has 29 heavy (non-hydrogen) atoms. The second kappa shape index (κ2) is 9.26. The molecule has 0 aliphatic carbocycles. The van der Waals surface area contributed by atoms with Crippen LogP contribution in [0.3, 0.4) is 0 Å². The van der Waals surface area contributed by atoms with Crippen molar-refractivity contribution in [2.45, 2.75) is 30.9 Å². The maximum absolute atomic E-state index is 12.2. The number of hydrogen-bond donors (Lipinski definition) is 2. The van der Waals surface area contributed by atoms with E-state index in [-0.39, 0.29) is 16.3 Å². The number of benzene rings is 2. The summed E-state index contributed by atoms with van der Waals surface area (Å²) in [6, 6.07) is 11.7. The van der Waals surface area contributed by atoms with Gasteiger partial charge in [0.05, 0.1) is 9.82 Å². The van der Waals surface area contributed by atoms with Gasteiger partial charge >= 0.3 is 5.97 Å². The number of anilines is 1. The quantitative estimate of drug-likeness (QED) is 0.376. The van der Waals surface area contributed by atoms with Gasteiger partial charge in [0.25, 0.3) is 11.6 Å². The summed E-state index contributed by atoms with van der Waals surface area (Å²) in [5.41, 5.74) is -0.369. The third-order valence-corrected chi connectivity index (χ3v) is 5.32. The fourth-order valence-corrected chi connectivity index (χ4v) is 3.46. The zero-order valence-electron chi connectivity index (χ0n) is 15.6. The van der Waals surface area contributed by atoms with Gasteiger partial charge < -0.3 is 10.1 Å². The molecule has 1 amide bonds. The number of para-hydroxylation sites is 2. The summed E-state index contributed by atoms with van der Waals surface area (Å²) in [5, 5.41) is 13.3. The van der Waals surface area contributed by atoms with Gasteiger partial charge in [-0.3, -0.25) is 19.7 Å².